The molecule has 9 nitrogen and oxygen atoms in total. The molecule has 1 saturated carbocycles. The molecule has 1 aliphatic heterocycles. The van der Waals surface area contributed by atoms with E-state index in [2.05, 4.69) is 50.9 Å². The summed E-state index contributed by atoms with van der Waals surface area (Å²) in [6, 6.07) is 3.29. The molecule has 12 heteroatoms. The van der Waals surface area contributed by atoms with E-state index in [1.54, 1.807) is 12.1 Å². The van der Waals surface area contributed by atoms with Gasteiger partial charge in [0.1, 0.15) is 17.2 Å². The van der Waals surface area contributed by atoms with Crippen molar-refractivity contribution < 1.29 is 42.8 Å². The maximum absolute atomic E-state index is 13.5. The standard InChI is InChI=1S/C24H21F2N6O2.C3H6O.Os/c25-23(26)22-18-12-29-21(31-24(33)14-1-2-14)10-17(18)15(11-30-22)3-4-16-9-20(19(27)13-28-16)32-5-7-34-8-6-32;1-3-4-2;/h9-14,23,27H,1-2,5-8H2,(H,28,29,30,31,33);1-3H2;/q-1;-2;. The topological polar surface area (TPSA) is 113 Å². The molecule has 0 bridgehead atoms. The second-order valence-electron chi connectivity index (χ2n) is 8.58. The number of nitrogens with zero attached hydrogens (tertiary/aromatic N) is 4. The van der Waals surface area contributed by atoms with Gasteiger partial charge in [0, 0.05) is 73.8 Å². The van der Waals surface area contributed by atoms with Gasteiger partial charge in [-0.1, -0.05) is 11.6 Å². The van der Waals surface area contributed by atoms with Crippen LogP contribution in [0, 0.1) is 31.8 Å². The number of pyridine rings is 3. The third-order valence-corrected chi connectivity index (χ3v) is 5.91. The smallest absolute Gasteiger partial charge is 0.281 e. The molecule has 0 atom stereocenters. The number of ether oxygens (including phenoxy) is 2. The monoisotopic (exact) mass is 713 g/mol. The molecule has 0 spiro atoms. The first-order valence-electron chi connectivity index (χ1n) is 12.0. The zero-order chi connectivity index (χ0) is 27.1. The van der Waals surface area contributed by atoms with Gasteiger partial charge >= 0.3 is 0 Å². The summed E-state index contributed by atoms with van der Waals surface area (Å²) >= 11 is 0. The van der Waals surface area contributed by atoms with E-state index in [1.165, 1.54) is 18.6 Å². The van der Waals surface area contributed by atoms with E-state index in [4.69, 9.17) is 10.5 Å². The van der Waals surface area contributed by atoms with Gasteiger partial charge in [-0.25, -0.2) is 25.9 Å². The van der Waals surface area contributed by atoms with E-state index in [-0.39, 0.29) is 48.5 Å². The number of rotatable bonds is 5. The predicted molar refractivity (Wildman–Crippen MR) is 140 cm³/mol. The Morgan fingerprint density at radius 2 is 1.87 bits per heavy atom. The number of morpholine rings is 1. The van der Waals surface area contributed by atoms with Gasteiger partial charge in [0.2, 0.25) is 5.91 Å². The number of carbonyl (C=O) groups is 1. The molecule has 1 saturated heterocycles. The number of fused-ring (bicyclic) bond motifs is 1. The molecule has 3 aromatic heterocycles. The molecule has 4 heterocycles. The van der Waals surface area contributed by atoms with Crippen molar-refractivity contribution >= 4 is 33.9 Å². The van der Waals surface area contributed by atoms with Crippen molar-refractivity contribution in [2.45, 2.75) is 19.3 Å². The van der Waals surface area contributed by atoms with Crippen molar-refractivity contribution in [3.8, 4) is 11.8 Å². The summed E-state index contributed by atoms with van der Waals surface area (Å²) in [5.74, 6) is 6.07. The third kappa shape index (κ3) is 7.89. The number of alkyl halides is 2. The largest absolute Gasteiger partial charge is 0.696 e. The summed E-state index contributed by atoms with van der Waals surface area (Å²) in [6.07, 6.45) is 2.94. The first-order chi connectivity index (χ1) is 18.4. The van der Waals surface area contributed by atoms with E-state index in [1.807, 2.05) is 4.90 Å². The fourth-order valence-electron chi connectivity index (χ4n) is 3.78. The van der Waals surface area contributed by atoms with Crippen LogP contribution in [0.5, 0.6) is 0 Å². The molecule has 0 aromatic carbocycles. The molecule has 39 heavy (non-hydrogen) atoms. The molecule has 208 valence electrons. The zero-order valence-corrected chi connectivity index (χ0v) is 23.6. The second kappa shape index (κ2) is 14.2. The van der Waals surface area contributed by atoms with Crippen LogP contribution >= 0.6 is 0 Å². The van der Waals surface area contributed by atoms with Crippen LogP contribution in [0.25, 0.3) is 16.5 Å². The quantitative estimate of drug-likeness (QED) is 0.297. The van der Waals surface area contributed by atoms with Crippen molar-refractivity contribution in [1.82, 2.24) is 15.0 Å². The first-order valence-corrected chi connectivity index (χ1v) is 12.0. The minimum atomic E-state index is -2.78. The van der Waals surface area contributed by atoms with Crippen LogP contribution < -0.4 is 10.2 Å². The number of carbonyl (C=O) groups excluding carboxylic acids is 1. The predicted octanol–water partition coefficient (Wildman–Crippen LogP) is 4.86. The minimum Gasteiger partial charge on any atom is -0.696 e. The summed E-state index contributed by atoms with van der Waals surface area (Å²) in [5, 5.41) is 3.34. The molecule has 1 amide bonds. The van der Waals surface area contributed by atoms with Crippen LogP contribution in [0.2, 0.25) is 0 Å². The van der Waals surface area contributed by atoms with Crippen LogP contribution in [-0.2, 0) is 34.1 Å². The number of aromatic nitrogens is 3. The molecule has 5 rings (SSSR count). The molecule has 2 N–H and O–H groups in total. The van der Waals surface area contributed by atoms with Gasteiger partial charge < -0.3 is 32.3 Å². The van der Waals surface area contributed by atoms with Gasteiger partial charge in [-0.3, -0.25) is 9.78 Å². The average Bonchev–Trinajstić information content (AvgIpc) is 3.79. The molecular formula is C27H27F2N6O3Os-3. The van der Waals surface area contributed by atoms with Crippen molar-refractivity contribution in [3.63, 3.8) is 0 Å². The van der Waals surface area contributed by atoms with Crippen LogP contribution in [-0.4, -0.2) is 53.8 Å². The van der Waals surface area contributed by atoms with Gasteiger partial charge in [-0.05, 0) is 30.9 Å². The molecular weight excluding hydrogens is 685 g/mol. The Hall–Kier alpha value is -3.24. The maximum atomic E-state index is 13.5. The second-order valence-corrected chi connectivity index (χ2v) is 8.58. The molecule has 3 aromatic rings. The van der Waals surface area contributed by atoms with Gasteiger partial charge in [-0.15, -0.1) is 6.61 Å². The number of hydrogen-bond acceptors (Lipinski definition) is 7. The van der Waals surface area contributed by atoms with Gasteiger partial charge in [0.25, 0.3) is 6.43 Å². The summed E-state index contributed by atoms with van der Waals surface area (Å²) in [6.45, 7) is 6.30. The summed E-state index contributed by atoms with van der Waals surface area (Å²) < 4.78 is 36.6. The number of amides is 1. The maximum Gasteiger partial charge on any atom is 0.281 e. The van der Waals surface area contributed by atoms with Crippen molar-refractivity contribution in [2.24, 2.45) is 5.92 Å². The Labute approximate surface area is 238 Å². The van der Waals surface area contributed by atoms with E-state index >= 15 is 0 Å². The third-order valence-electron chi connectivity index (χ3n) is 5.91. The van der Waals surface area contributed by atoms with Crippen LogP contribution in [0.1, 0.15) is 36.2 Å². The molecule has 2 fully saturated rings. The number of nitrogens with one attached hydrogen (secondary N) is 2. The Balaban J connectivity index is 0.000000788. The summed E-state index contributed by atoms with van der Waals surface area (Å²) in [4.78, 5) is 26.4. The van der Waals surface area contributed by atoms with E-state index in [0.717, 1.165) is 12.8 Å². The Bertz CT molecular complexity index is 1350. The van der Waals surface area contributed by atoms with Crippen LogP contribution in [0.3, 0.4) is 0 Å². The Morgan fingerprint density at radius 1 is 1.15 bits per heavy atom. The zero-order valence-electron chi connectivity index (χ0n) is 21.0. The fraction of sp³-hybridized carbons (Fsp3) is 0.333. The van der Waals surface area contributed by atoms with Crippen molar-refractivity contribution in [1.29, 1.82) is 0 Å². The number of hydrogen-bond donors (Lipinski definition) is 1. The molecule has 2 aliphatic rings. The summed E-state index contributed by atoms with van der Waals surface area (Å²) in [5.41, 5.74) is 9.65. The van der Waals surface area contributed by atoms with E-state index < -0.39 is 6.43 Å². The normalized spacial score (nSPS) is 14.5. The molecule has 1 aliphatic carbocycles. The van der Waals surface area contributed by atoms with E-state index in [0.29, 0.717) is 60.9 Å². The first kappa shape index (κ1) is 30.3. The molecule has 0 radical (unpaired) electrons. The van der Waals surface area contributed by atoms with E-state index in [9.17, 15) is 13.6 Å². The van der Waals surface area contributed by atoms with Crippen molar-refractivity contribution in [2.75, 3.05) is 43.1 Å². The Morgan fingerprint density at radius 3 is 2.51 bits per heavy atom. The van der Waals surface area contributed by atoms with Crippen LogP contribution in [0.4, 0.5) is 26.0 Å². The Kier molecular flexibility index (Phi) is 11.1. The summed E-state index contributed by atoms with van der Waals surface area (Å²) in [7, 11) is 3.04. The number of anilines is 2. The SMILES string of the molecule is [CH2-]CO[CH2-].[NH-]c1cnc(C#Cc2cnc(C(F)F)c3cnc(NC(=O)C4CC4)cc23)cc1N1CCOCC1.[Os]. The minimum absolute atomic E-state index is 0. The average molecular weight is 712 g/mol. The van der Waals surface area contributed by atoms with Gasteiger partial charge in [-0.2, -0.15) is 0 Å². The van der Waals surface area contributed by atoms with Gasteiger partial charge in [0.15, 0.2) is 0 Å². The van der Waals surface area contributed by atoms with Crippen LogP contribution in [0.15, 0.2) is 30.7 Å². The van der Waals surface area contributed by atoms with Crippen molar-refractivity contribution in [3.05, 3.63) is 67.4 Å². The fourth-order valence-corrected chi connectivity index (χ4v) is 3.78. The molecule has 0 unspecified atom stereocenters. The number of halogens is 2. The van der Waals surface area contributed by atoms with Gasteiger partial charge in [0.05, 0.1) is 18.8 Å².